The van der Waals surface area contributed by atoms with Crippen molar-refractivity contribution in [3.8, 4) is 5.69 Å². The molecule has 0 N–H and O–H groups in total. The minimum absolute atomic E-state index is 0.0814. The molecule has 20 heavy (non-hydrogen) atoms. The molecule has 1 aliphatic rings. The highest BCUT2D eigenvalue weighted by atomic mass is 16.2. The average Bonchev–Trinajstić information content (AvgIpc) is 2.97. The zero-order valence-electron chi connectivity index (χ0n) is 11.7. The number of carbonyl (C=O) groups is 1. The van der Waals surface area contributed by atoms with E-state index in [2.05, 4.69) is 11.9 Å². The first kappa shape index (κ1) is 12.9. The van der Waals surface area contributed by atoms with Gasteiger partial charge in [-0.1, -0.05) is 25.1 Å². The number of piperidine rings is 1. The first-order valence-corrected chi connectivity index (χ1v) is 7.13. The smallest absolute Gasteiger partial charge is 0.272 e. The van der Waals surface area contributed by atoms with Crippen LogP contribution in [0.5, 0.6) is 0 Å². The fourth-order valence-electron chi connectivity index (χ4n) is 2.78. The number of benzene rings is 1. The molecule has 4 nitrogen and oxygen atoms in total. The van der Waals surface area contributed by atoms with Crippen molar-refractivity contribution in [2.75, 3.05) is 13.1 Å². The maximum atomic E-state index is 12.7. The van der Waals surface area contributed by atoms with Gasteiger partial charge in [0.25, 0.3) is 5.91 Å². The summed E-state index contributed by atoms with van der Waals surface area (Å²) in [5.41, 5.74) is 1.61. The molecule has 1 unspecified atom stereocenters. The molecular formula is C16H19N3O. The Bertz CT molecular complexity index is 591. The third kappa shape index (κ3) is 2.46. The molecule has 3 rings (SSSR count). The third-order valence-electron chi connectivity index (χ3n) is 3.84. The summed E-state index contributed by atoms with van der Waals surface area (Å²) in [5, 5.41) is 0. The van der Waals surface area contributed by atoms with Gasteiger partial charge in [0.15, 0.2) is 0 Å². The van der Waals surface area contributed by atoms with E-state index in [1.54, 1.807) is 12.5 Å². The number of imidazole rings is 1. The Morgan fingerprint density at radius 1 is 1.30 bits per heavy atom. The summed E-state index contributed by atoms with van der Waals surface area (Å²) in [5.74, 6) is 0.665. The summed E-state index contributed by atoms with van der Waals surface area (Å²) in [6, 6.07) is 9.86. The molecule has 2 aromatic rings. The van der Waals surface area contributed by atoms with Gasteiger partial charge in [-0.2, -0.15) is 0 Å². The normalized spacial score (nSPS) is 19.1. The number of para-hydroxylation sites is 1. The molecule has 1 aliphatic heterocycles. The average molecular weight is 269 g/mol. The molecule has 1 amide bonds. The maximum absolute atomic E-state index is 12.7. The van der Waals surface area contributed by atoms with Crippen molar-refractivity contribution in [1.29, 1.82) is 0 Å². The van der Waals surface area contributed by atoms with Gasteiger partial charge in [-0.15, -0.1) is 0 Å². The number of carbonyl (C=O) groups excluding carboxylic acids is 1. The number of nitrogens with zero attached hydrogens (tertiary/aromatic N) is 3. The summed E-state index contributed by atoms with van der Waals surface area (Å²) < 4.78 is 1.86. The van der Waals surface area contributed by atoms with Crippen LogP contribution in [0, 0.1) is 5.92 Å². The van der Waals surface area contributed by atoms with Crippen LogP contribution in [0.4, 0.5) is 0 Å². The minimum atomic E-state index is 0.0814. The molecule has 0 saturated carbocycles. The zero-order chi connectivity index (χ0) is 13.9. The Morgan fingerprint density at radius 3 is 2.85 bits per heavy atom. The lowest BCUT2D eigenvalue weighted by molar-refractivity contribution is 0.0675. The second-order valence-corrected chi connectivity index (χ2v) is 5.48. The van der Waals surface area contributed by atoms with Gasteiger partial charge < -0.3 is 4.90 Å². The first-order valence-electron chi connectivity index (χ1n) is 7.13. The number of rotatable bonds is 2. The van der Waals surface area contributed by atoms with Crippen LogP contribution in [-0.4, -0.2) is 33.4 Å². The highest BCUT2D eigenvalue weighted by Crippen LogP contribution is 2.19. The van der Waals surface area contributed by atoms with Crippen molar-refractivity contribution in [1.82, 2.24) is 14.5 Å². The zero-order valence-corrected chi connectivity index (χ0v) is 11.7. The van der Waals surface area contributed by atoms with Crippen molar-refractivity contribution >= 4 is 5.91 Å². The summed E-state index contributed by atoms with van der Waals surface area (Å²) in [6.07, 6.45) is 5.67. The van der Waals surface area contributed by atoms with E-state index in [1.165, 1.54) is 6.42 Å². The number of hydrogen-bond acceptors (Lipinski definition) is 2. The van der Waals surface area contributed by atoms with E-state index in [0.29, 0.717) is 11.6 Å². The monoisotopic (exact) mass is 269 g/mol. The second kappa shape index (κ2) is 5.49. The van der Waals surface area contributed by atoms with Gasteiger partial charge in [0, 0.05) is 18.8 Å². The predicted molar refractivity (Wildman–Crippen MR) is 77.9 cm³/mol. The van der Waals surface area contributed by atoms with Crippen LogP contribution in [0.2, 0.25) is 0 Å². The van der Waals surface area contributed by atoms with Crippen LogP contribution in [0.1, 0.15) is 30.3 Å². The minimum Gasteiger partial charge on any atom is -0.337 e. The summed E-state index contributed by atoms with van der Waals surface area (Å²) in [4.78, 5) is 18.8. The van der Waals surface area contributed by atoms with Crippen molar-refractivity contribution in [2.24, 2.45) is 5.92 Å². The lowest BCUT2D eigenvalue weighted by Gasteiger charge is -2.31. The molecule has 1 aromatic carbocycles. The van der Waals surface area contributed by atoms with E-state index < -0.39 is 0 Å². The van der Waals surface area contributed by atoms with E-state index in [1.807, 2.05) is 39.8 Å². The maximum Gasteiger partial charge on any atom is 0.272 e. The number of likely N-dealkylation sites (tertiary alicyclic amines) is 1. The first-order chi connectivity index (χ1) is 9.75. The molecule has 2 heterocycles. The van der Waals surface area contributed by atoms with Gasteiger partial charge in [-0.25, -0.2) is 4.98 Å². The molecule has 4 heteroatoms. The fraction of sp³-hybridized carbons (Fsp3) is 0.375. The Morgan fingerprint density at radius 2 is 2.10 bits per heavy atom. The third-order valence-corrected chi connectivity index (χ3v) is 3.84. The molecule has 1 atom stereocenters. The van der Waals surface area contributed by atoms with Gasteiger partial charge in [0.1, 0.15) is 5.69 Å². The van der Waals surface area contributed by atoms with Crippen LogP contribution in [0.25, 0.3) is 5.69 Å². The quantitative estimate of drug-likeness (QED) is 0.840. The van der Waals surface area contributed by atoms with Gasteiger partial charge in [-0.3, -0.25) is 9.36 Å². The fourth-order valence-corrected chi connectivity index (χ4v) is 2.78. The Kier molecular flexibility index (Phi) is 3.54. The number of hydrogen-bond donors (Lipinski definition) is 0. The van der Waals surface area contributed by atoms with Gasteiger partial charge in [0.2, 0.25) is 0 Å². The predicted octanol–water partition coefficient (Wildman–Crippen LogP) is 2.74. The molecule has 0 spiro atoms. The van der Waals surface area contributed by atoms with Gasteiger partial charge in [-0.05, 0) is 30.9 Å². The van der Waals surface area contributed by atoms with Crippen LogP contribution in [0.15, 0.2) is 42.9 Å². The number of aromatic nitrogens is 2. The molecule has 1 saturated heterocycles. The standard InChI is InChI=1S/C16H19N3O/c1-13-6-5-9-18(11-13)16(20)15-10-17-12-19(15)14-7-3-2-4-8-14/h2-4,7-8,10,12-13H,5-6,9,11H2,1H3. The summed E-state index contributed by atoms with van der Waals surface area (Å²) in [7, 11) is 0. The highest BCUT2D eigenvalue weighted by molar-refractivity contribution is 5.93. The van der Waals surface area contributed by atoms with E-state index in [-0.39, 0.29) is 5.91 Å². The largest absolute Gasteiger partial charge is 0.337 e. The van der Waals surface area contributed by atoms with E-state index in [4.69, 9.17) is 0 Å². The van der Waals surface area contributed by atoms with Crippen LogP contribution in [-0.2, 0) is 0 Å². The van der Waals surface area contributed by atoms with Crippen molar-refractivity contribution in [3.05, 3.63) is 48.5 Å². The van der Waals surface area contributed by atoms with Crippen LogP contribution in [0.3, 0.4) is 0 Å². The Balaban J connectivity index is 1.88. The van der Waals surface area contributed by atoms with Gasteiger partial charge in [0.05, 0.1) is 12.5 Å². The van der Waals surface area contributed by atoms with Crippen molar-refractivity contribution in [3.63, 3.8) is 0 Å². The molecule has 1 aromatic heterocycles. The number of amides is 1. The second-order valence-electron chi connectivity index (χ2n) is 5.48. The molecule has 0 aliphatic carbocycles. The van der Waals surface area contributed by atoms with E-state index in [0.717, 1.165) is 25.2 Å². The van der Waals surface area contributed by atoms with E-state index in [9.17, 15) is 4.79 Å². The Labute approximate surface area is 119 Å². The van der Waals surface area contributed by atoms with Gasteiger partial charge >= 0.3 is 0 Å². The van der Waals surface area contributed by atoms with Crippen molar-refractivity contribution in [2.45, 2.75) is 19.8 Å². The van der Waals surface area contributed by atoms with Crippen LogP contribution < -0.4 is 0 Å². The van der Waals surface area contributed by atoms with Crippen LogP contribution >= 0.6 is 0 Å². The van der Waals surface area contributed by atoms with E-state index >= 15 is 0 Å². The lowest BCUT2D eigenvalue weighted by atomic mass is 10.00. The molecule has 0 bridgehead atoms. The summed E-state index contributed by atoms with van der Waals surface area (Å²) in [6.45, 7) is 3.90. The van der Waals surface area contributed by atoms with Crippen molar-refractivity contribution < 1.29 is 4.79 Å². The SMILES string of the molecule is CC1CCCN(C(=O)c2cncn2-c2ccccc2)C1. The lowest BCUT2D eigenvalue weighted by Crippen LogP contribution is -2.39. The topological polar surface area (TPSA) is 38.1 Å². The molecule has 104 valence electrons. The molecular weight excluding hydrogens is 250 g/mol. The molecule has 1 fully saturated rings. The Hall–Kier alpha value is -2.10. The summed E-state index contributed by atoms with van der Waals surface area (Å²) >= 11 is 0. The molecule has 0 radical (unpaired) electrons. The highest BCUT2D eigenvalue weighted by Gasteiger charge is 2.24.